The topological polar surface area (TPSA) is 88.4 Å². The van der Waals surface area contributed by atoms with Crippen LogP contribution < -0.4 is 10.2 Å². The number of carbonyl (C=O) groups excluding carboxylic acids is 1. The Balaban J connectivity index is 1.27. The van der Waals surface area contributed by atoms with Crippen LogP contribution in [0.15, 0.2) is 42.7 Å². The number of benzene rings is 1. The van der Waals surface area contributed by atoms with E-state index in [0.717, 1.165) is 32.5 Å². The smallest absolute Gasteiger partial charge is 0.317 e. The fraction of sp³-hybridized carbons (Fsp3) is 0.500. The maximum Gasteiger partial charge on any atom is 0.317 e. The van der Waals surface area contributed by atoms with Gasteiger partial charge in [0.25, 0.3) is 0 Å². The van der Waals surface area contributed by atoms with Gasteiger partial charge in [0.05, 0.1) is 18.0 Å². The molecule has 2 fully saturated rings. The lowest BCUT2D eigenvalue weighted by Crippen LogP contribution is -2.61. The molecular formula is C24H31N7O. The fourth-order valence-corrected chi connectivity index (χ4v) is 4.55. The Hall–Kier alpha value is -3.18. The van der Waals surface area contributed by atoms with Gasteiger partial charge >= 0.3 is 6.03 Å². The first-order valence-corrected chi connectivity index (χ1v) is 11.4. The number of amides is 2. The number of carbonyl (C=O) groups is 1. The Labute approximate surface area is 189 Å². The second-order valence-electron chi connectivity index (χ2n) is 8.87. The lowest BCUT2D eigenvalue weighted by Gasteiger charge is -2.44. The summed E-state index contributed by atoms with van der Waals surface area (Å²) in [5, 5.41) is 12.2. The standard InChI is InChI=1S/C24H31N7O/c1-18-16-31(19(2)15-30(18)23-26-13-21(12-25)14-27-23)24(32)28-22-8-10-29(11-9-22)17-20-6-4-3-5-7-20/h3-7,13-14,18-19,22H,8-11,15-17H2,1-2H3,(H,28,32)/t18-,19-/m1/s1. The van der Waals surface area contributed by atoms with Crippen molar-refractivity contribution in [2.45, 2.75) is 51.4 Å². The first-order chi connectivity index (χ1) is 15.5. The van der Waals surface area contributed by atoms with E-state index in [1.54, 1.807) is 12.4 Å². The van der Waals surface area contributed by atoms with E-state index < -0.39 is 0 Å². The van der Waals surface area contributed by atoms with Gasteiger partial charge in [-0.15, -0.1) is 0 Å². The van der Waals surface area contributed by atoms with Gasteiger partial charge in [-0.2, -0.15) is 5.26 Å². The van der Waals surface area contributed by atoms with Gasteiger partial charge in [-0.1, -0.05) is 30.3 Å². The van der Waals surface area contributed by atoms with Crippen LogP contribution in [-0.4, -0.2) is 70.1 Å². The lowest BCUT2D eigenvalue weighted by atomic mass is 10.0. The number of aromatic nitrogens is 2. The second-order valence-corrected chi connectivity index (χ2v) is 8.87. The molecule has 1 aromatic carbocycles. The number of nitrogens with one attached hydrogen (secondary N) is 1. The number of nitrogens with zero attached hydrogens (tertiary/aromatic N) is 6. The maximum atomic E-state index is 13.0. The van der Waals surface area contributed by atoms with E-state index in [0.29, 0.717) is 24.6 Å². The quantitative estimate of drug-likeness (QED) is 0.797. The van der Waals surface area contributed by atoms with Crippen molar-refractivity contribution in [1.82, 2.24) is 25.1 Å². The molecule has 0 bridgehead atoms. The molecule has 32 heavy (non-hydrogen) atoms. The van der Waals surface area contributed by atoms with Crippen molar-refractivity contribution >= 4 is 12.0 Å². The van der Waals surface area contributed by atoms with Crippen LogP contribution in [0.4, 0.5) is 10.7 Å². The Morgan fingerprint density at radius 3 is 2.44 bits per heavy atom. The number of urea groups is 1. The zero-order valence-electron chi connectivity index (χ0n) is 18.8. The molecule has 8 nitrogen and oxygen atoms in total. The van der Waals surface area contributed by atoms with Crippen molar-refractivity contribution in [3.05, 3.63) is 53.9 Å². The number of hydrogen-bond donors (Lipinski definition) is 1. The van der Waals surface area contributed by atoms with Gasteiger partial charge < -0.3 is 15.1 Å². The number of anilines is 1. The highest BCUT2D eigenvalue weighted by Gasteiger charge is 2.34. The SMILES string of the molecule is C[C@@H]1CN(c2ncc(C#N)cn2)[C@H](C)CN1C(=O)NC1CCN(Cc2ccccc2)CC1. The third-order valence-electron chi connectivity index (χ3n) is 6.44. The number of hydrogen-bond acceptors (Lipinski definition) is 6. The summed E-state index contributed by atoms with van der Waals surface area (Å²) < 4.78 is 0. The van der Waals surface area contributed by atoms with Gasteiger partial charge in [-0.25, -0.2) is 14.8 Å². The third kappa shape index (κ3) is 5.17. The first kappa shape index (κ1) is 22.0. The average Bonchev–Trinajstić information content (AvgIpc) is 2.82. The van der Waals surface area contributed by atoms with E-state index in [-0.39, 0.29) is 24.2 Å². The van der Waals surface area contributed by atoms with Crippen molar-refractivity contribution < 1.29 is 4.79 Å². The summed E-state index contributed by atoms with van der Waals surface area (Å²) in [5.41, 5.74) is 1.78. The zero-order chi connectivity index (χ0) is 22.5. The summed E-state index contributed by atoms with van der Waals surface area (Å²) in [7, 11) is 0. The van der Waals surface area contributed by atoms with Crippen LogP contribution in [0, 0.1) is 11.3 Å². The van der Waals surface area contributed by atoms with Gasteiger partial charge in [0.2, 0.25) is 5.95 Å². The van der Waals surface area contributed by atoms with E-state index in [2.05, 4.69) is 63.2 Å². The van der Waals surface area contributed by atoms with Crippen molar-refractivity contribution in [3.63, 3.8) is 0 Å². The molecule has 3 heterocycles. The van der Waals surface area contributed by atoms with Gasteiger partial charge in [0, 0.05) is 50.8 Å². The second kappa shape index (κ2) is 9.96. The Morgan fingerprint density at radius 1 is 1.09 bits per heavy atom. The van der Waals surface area contributed by atoms with E-state index in [1.807, 2.05) is 17.0 Å². The predicted molar refractivity (Wildman–Crippen MR) is 123 cm³/mol. The van der Waals surface area contributed by atoms with E-state index in [1.165, 1.54) is 5.56 Å². The molecule has 2 atom stereocenters. The third-order valence-corrected chi connectivity index (χ3v) is 6.44. The molecule has 2 saturated heterocycles. The normalized spacial score (nSPS) is 22.4. The molecule has 1 N–H and O–H groups in total. The molecule has 0 radical (unpaired) electrons. The molecule has 1 aromatic heterocycles. The Kier molecular flexibility index (Phi) is 6.86. The van der Waals surface area contributed by atoms with Crippen molar-refractivity contribution in [2.75, 3.05) is 31.1 Å². The van der Waals surface area contributed by atoms with Crippen molar-refractivity contribution in [3.8, 4) is 6.07 Å². The summed E-state index contributed by atoms with van der Waals surface area (Å²) in [4.78, 5) is 28.2. The number of piperidine rings is 1. The largest absolute Gasteiger partial charge is 0.335 e. The summed E-state index contributed by atoms with van der Waals surface area (Å²) >= 11 is 0. The molecule has 4 rings (SSSR count). The molecule has 2 aliphatic heterocycles. The molecule has 8 heteroatoms. The highest BCUT2D eigenvalue weighted by molar-refractivity contribution is 5.75. The van der Waals surface area contributed by atoms with Crippen LogP contribution in [-0.2, 0) is 6.54 Å². The Bertz CT molecular complexity index is 935. The van der Waals surface area contributed by atoms with Crippen LogP contribution in [0.25, 0.3) is 0 Å². The molecular weight excluding hydrogens is 402 g/mol. The minimum Gasteiger partial charge on any atom is -0.335 e. The minimum atomic E-state index is 0.0197. The molecule has 168 valence electrons. The van der Waals surface area contributed by atoms with Crippen LogP contribution in [0.3, 0.4) is 0 Å². The molecule has 0 aliphatic carbocycles. The van der Waals surface area contributed by atoms with Crippen LogP contribution in [0.2, 0.25) is 0 Å². The molecule has 2 aliphatic rings. The van der Waals surface area contributed by atoms with Gasteiger partial charge in [0.15, 0.2) is 0 Å². The van der Waals surface area contributed by atoms with Crippen LogP contribution in [0.1, 0.15) is 37.8 Å². The average molecular weight is 434 g/mol. The summed E-state index contributed by atoms with van der Waals surface area (Å²) in [6, 6.07) is 13.0. The number of piperazine rings is 1. The highest BCUT2D eigenvalue weighted by Crippen LogP contribution is 2.21. The fourth-order valence-electron chi connectivity index (χ4n) is 4.55. The summed E-state index contributed by atoms with van der Waals surface area (Å²) in [6.07, 6.45) is 5.04. The summed E-state index contributed by atoms with van der Waals surface area (Å²) in [6.45, 7) is 8.38. The zero-order valence-corrected chi connectivity index (χ0v) is 18.8. The van der Waals surface area contributed by atoms with Gasteiger partial charge in [-0.3, -0.25) is 4.90 Å². The number of rotatable bonds is 4. The molecule has 0 saturated carbocycles. The van der Waals surface area contributed by atoms with Crippen molar-refractivity contribution in [2.24, 2.45) is 0 Å². The number of nitriles is 1. The van der Waals surface area contributed by atoms with Crippen LogP contribution in [0.5, 0.6) is 0 Å². The summed E-state index contributed by atoms with van der Waals surface area (Å²) in [5.74, 6) is 0.606. The Morgan fingerprint density at radius 2 is 1.78 bits per heavy atom. The number of likely N-dealkylation sites (tertiary alicyclic amines) is 1. The first-order valence-electron chi connectivity index (χ1n) is 11.4. The molecule has 2 aromatic rings. The predicted octanol–water partition coefficient (Wildman–Crippen LogP) is 2.62. The van der Waals surface area contributed by atoms with Crippen molar-refractivity contribution in [1.29, 1.82) is 5.26 Å². The van der Waals surface area contributed by atoms with E-state index in [9.17, 15) is 4.79 Å². The molecule has 0 unspecified atom stereocenters. The monoisotopic (exact) mass is 433 g/mol. The van der Waals surface area contributed by atoms with E-state index >= 15 is 0 Å². The van der Waals surface area contributed by atoms with Gasteiger partial charge in [-0.05, 0) is 32.3 Å². The van der Waals surface area contributed by atoms with Crippen LogP contribution >= 0.6 is 0 Å². The highest BCUT2D eigenvalue weighted by atomic mass is 16.2. The van der Waals surface area contributed by atoms with E-state index in [4.69, 9.17) is 5.26 Å². The minimum absolute atomic E-state index is 0.0197. The lowest BCUT2D eigenvalue weighted by molar-refractivity contribution is 0.145. The van der Waals surface area contributed by atoms with Gasteiger partial charge in [0.1, 0.15) is 6.07 Å². The molecule has 0 spiro atoms. The maximum absolute atomic E-state index is 13.0. The molecule has 2 amide bonds.